The van der Waals surface area contributed by atoms with Crippen molar-refractivity contribution < 1.29 is 4.79 Å². The zero-order chi connectivity index (χ0) is 21.9. The molecule has 0 bridgehead atoms. The molecular weight excluding hydrogens is 368 g/mol. The van der Waals surface area contributed by atoms with Crippen LogP contribution in [-0.4, -0.2) is 17.2 Å². The van der Waals surface area contributed by atoms with E-state index in [0.717, 1.165) is 33.8 Å². The zero-order valence-electron chi connectivity index (χ0n) is 18.7. The number of aliphatic imine (C=N–C) groups is 2. The van der Waals surface area contributed by atoms with E-state index in [4.69, 9.17) is 0 Å². The number of para-hydroxylation sites is 1. The van der Waals surface area contributed by atoms with Crippen molar-refractivity contribution in [2.45, 2.75) is 41.5 Å². The van der Waals surface area contributed by atoms with E-state index in [0.29, 0.717) is 0 Å². The lowest BCUT2D eigenvalue weighted by Crippen LogP contribution is -2.27. The second-order valence-corrected chi connectivity index (χ2v) is 9.67. The van der Waals surface area contributed by atoms with Crippen LogP contribution in [0.3, 0.4) is 0 Å². The smallest absolute Gasteiger partial charge is 0.186 e. The fraction of sp³-hybridized carbons (Fsp3) is 0.296. The number of hydrogen-bond donors (Lipinski definition) is 0. The molecule has 0 N–H and O–H groups in total. The maximum Gasteiger partial charge on any atom is 0.186 e. The molecule has 0 atom stereocenters. The molecular formula is C27H30N2O. The third-order valence-electron chi connectivity index (χ3n) is 4.95. The molecule has 0 spiro atoms. The highest BCUT2D eigenvalue weighted by atomic mass is 16.1. The van der Waals surface area contributed by atoms with Gasteiger partial charge in [0.05, 0.1) is 17.1 Å². The summed E-state index contributed by atoms with van der Waals surface area (Å²) in [4.78, 5) is 22.3. The van der Waals surface area contributed by atoms with Crippen molar-refractivity contribution >= 4 is 22.9 Å². The highest BCUT2D eigenvalue weighted by Crippen LogP contribution is 2.38. The summed E-state index contributed by atoms with van der Waals surface area (Å²) in [6.45, 7) is 12.5. The first-order valence-corrected chi connectivity index (χ1v) is 10.3. The van der Waals surface area contributed by atoms with Crippen LogP contribution in [0, 0.1) is 10.8 Å². The summed E-state index contributed by atoms with van der Waals surface area (Å²) in [6.07, 6.45) is 13.6. The van der Waals surface area contributed by atoms with Gasteiger partial charge in [0, 0.05) is 17.3 Å². The van der Waals surface area contributed by atoms with E-state index in [-0.39, 0.29) is 16.6 Å². The molecule has 0 fully saturated rings. The lowest BCUT2D eigenvalue weighted by molar-refractivity contribution is -0.114. The Morgan fingerprint density at radius 1 is 0.733 bits per heavy atom. The van der Waals surface area contributed by atoms with Crippen LogP contribution in [0.25, 0.3) is 0 Å². The number of carbonyl (C=O) groups is 1. The quantitative estimate of drug-likeness (QED) is 0.509. The van der Waals surface area contributed by atoms with Crippen LogP contribution < -0.4 is 0 Å². The number of rotatable bonds is 2. The maximum absolute atomic E-state index is 13.0. The minimum Gasteiger partial charge on any atom is -0.289 e. The first-order valence-electron chi connectivity index (χ1n) is 10.3. The van der Waals surface area contributed by atoms with Crippen LogP contribution in [0.1, 0.15) is 41.5 Å². The molecule has 154 valence electrons. The van der Waals surface area contributed by atoms with Crippen molar-refractivity contribution in [2.24, 2.45) is 20.8 Å². The van der Waals surface area contributed by atoms with E-state index in [1.165, 1.54) is 0 Å². The van der Waals surface area contributed by atoms with Gasteiger partial charge in [-0.2, -0.15) is 0 Å². The molecule has 0 aliphatic heterocycles. The Hall–Kier alpha value is -3.07. The first kappa shape index (κ1) is 21.6. The highest BCUT2D eigenvalue weighted by Gasteiger charge is 2.33. The molecule has 0 saturated heterocycles. The number of benzene rings is 1. The maximum atomic E-state index is 13.0. The summed E-state index contributed by atoms with van der Waals surface area (Å²) in [5.41, 5.74) is 4.83. The Kier molecular flexibility index (Phi) is 6.02. The summed E-state index contributed by atoms with van der Waals surface area (Å²) in [6, 6.07) is 9.88. The molecule has 0 unspecified atom stereocenters. The van der Waals surface area contributed by atoms with E-state index in [1.807, 2.05) is 73.0 Å². The van der Waals surface area contributed by atoms with Gasteiger partial charge >= 0.3 is 0 Å². The van der Waals surface area contributed by atoms with Crippen LogP contribution in [0.5, 0.6) is 0 Å². The molecule has 0 aromatic heterocycles. The number of hydrogen-bond acceptors (Lipinski definition) is 3. The monoisotopic (exact) mass is 398 g/mol. The van der Waals surface area contributed by atoms with Crippen molar-refractivity contribution in [3.8, 4) is 0 Å². The van der Waals surface area contributed by atoms with Crippen molar-refractivity contribution in [1.82, 2.24) is 0 Å². The lowest BCUT2D eigenvalue weighted by Gasteiger charge is -2.31. The SMILES string of the molecule is CC(C)(C)C1=CC(=CN=C2C=CC(=Nc3ccccc3)C=C2)C=C(C(C)(C)C)C1=O. The third-order valence-corrected chi connectivity index (χ3v) is 4.95. The number of nitrogens with zero attached hydrogens (tertiary/aromatic N) is 2. The van der Waals surface area contributed by atoms with Crippen molar-refractivity contribution in [1.29, 1.82) is 0 Å². The van der Waals surface area contributed by atoms with E-state index < -0.39 is 0 Å². The van der Waals surface area contributed by atoms with E-state index in [2.05, 4.69) is 51.5 Å². The molecule has 2 aliphatic rings. The molecule has 3 rings (SSSR count). The van der Waals surface area contributed by atoms with Crippen LogP contribution in [0.2, 0.25) is 0 Å². The number of ketones is 1. The molecule has 0 saturated carbocycles. The first-order chi connectivity index (χ1) is 14.0. The van der Waals surface area contributed by atoms with Gasteiger partial charge < -0.3 is 0 Å². The fourth-order valence-electron chi connectivity index (χ4n) is 3.25. The molecule has 0 amide bonds. The second-order valence-electron chi connectivity index (χ2n) is 9.67. The highest BCUT2D eigenvalue weighted by molar-refractivity contribution is 6.19. The van der Waals surface area contributed by atoms with Crippen molar-refractivity contribution in [2.75, 3.05) is 0 Å². The number of allylic oxidation sites excluding steroid dienone is 9. The molecule has 3 heteroatoms. The molecule has 3 nitrogen and oxygen atoms in total. The average Bonchev–Trinajstić information content (AvgIpc) is 2.67. The summed E-state index contributed by atoms with van der Waals surface area (Å²) in [5.74, 6) is 0.138. The summed E-state index contributed by atoms with van der Waals surface area (Å²) in [5, 5.41) is 0. The molecule has 1 aromatic rings. The average molecular weight is 399 g/mol. The van der Waals surface area contributed by atoms with Gasteiger partial charge in [-0.25, -0.2) is 4.99 Å². The van der Waals surface area contributed by atoms with Gasteiger partial charge in [-0.1, -0.05) is 59.7 Å². The van der Waals surface area contributed by atoms with Crippen LogP contribution in [0.4, 0.5) is 5.69 Å². The number of carbonyl (C=O) groups excluding carboxylic acids is 1. The summed E-state index contributed by atoms with van der Waals surface area (Å²) in [7, 11) is 0. The topological polar surface area (TPSA) is 41.8 Å². The number of Topliss-reactive ketones (excluding diaryl/α,β-unsaturated/α-hetero) is 1. The largest absolute Gasteiger partial charge is 0.289 e. The van der Waals surface area contributed by atoms with E-state index >= 15 is 0 Å². The van der Waals surface area contributed by atoms with Crippen LogP contribution >= 0.6 is 0 Å². The van der Waals surface area contributed by atoms with Gasteiger partial charge in [-0.05, 0) is 65.0 Å². The van der Waals surface area contributed by atoms with Gasteiger partial charge in [0.2, 0.25) is 0 Å². The Labute approximate surface area is 180 Å². The van der Waals surface area contributed by atoms with Gasteiger partial charge in [-0.3, -0.25) is 9.79 Å². The zero-order valence-corrected chi connectivity index (χ0v) is 18.7. The summed E-state index contributed by atoms with van der Waals surface area (Å²) >= 11 is 0. The Balaban J connectivity index is 1.88. The standard InChI is InChI=1S/C27H30N2O/c1-26(2,3)23-16-19(17-24(25(23)30)27(4,5)6)18-28-20-12-14-22(15-13-20)29-21-10-8-7-9-11-21/h7-18H,1-6H3. The molecule has 30 heavy (non-hydrogen) atoms. The van der Waals surface area contributed by atoms with Crippen LogP contribution in [-0.2, 0) is 4.79 Å². The third kappa shape index (κ3) is 5.29. The lowest BCUT2D eigenvalue weighted by atomic mass is 9.72. The summed E-state index contributed by atoms with van der Waals surface area (Å²) < 4.78 is 0. The van der Waals surface area contributed by atoms with Gasteiger partial charge in [0.1, 0.15) is 0 Å². The fourth-order valence-corrected chi connectivity index (χ4v) is 3.25. The van der Waals surface area contributed by atoms with Gasteiger partial charge in [0.25, 0.3) is 0 Å². The Bertz CT molecular complexity index is 990. The van der Waals surface area contributed by atoms with Crippen LogP contribution in [0.15, 0.2) is 99.7 Å². The molecule has 2 aliphatic carbocycles. The van der Waals surface area contributed by atoms with Crippen molar-refractivity contribution in [3.05, 3.63) is 89.7 Å². The predicted molar refractivity (Wildman–Crippen MR) is 127 cm³/mol. The van der Waals surface area contributed by atoms with E-state index in [9.17, 15) is 4.79 Å². The van der Waals surface area contributed by atoms with Crippen molar-refractivity contribution in [3.63, 3.8) is 0 Å². The van der Waals surface area contributed by atoms with E-state index in [1.54, 1.807) is 0 Å². The molecule has 0 heterocycles. The molecule has 0 radical (unpaired) electrons. The second kappa shape index (κ2) is 8.35. The van der Waals surface area contributed by atoms with Gasteiger partial charge in [0.15, 0.2) is 5.78 Å². The van der Waals surface area contributed by atoms with Gasteiger partial charge in [-0.15, -0.1) is 0 Å². The minimum atomic E-state index is -0.221. The molecule has 1 aromatic carbocycles. The Morgan fingerprint density at radius 2 is 1.23 bits per heavy atom. The predicted octanol–water partition coefficient (Wildman–Crippen LogP) is 6.74. The Morgan fingerprint density at radius 3 is 1.73 bits per heavy atom. The normalized spacial score (nSPS) is 17.0. The minimum absolute atomic E-state index is 0.138.